The first-order valence-corrected chi connectivity index (χ1v) is 15.2. The van der Waals surface area contributed by atoms with Gasteiger partial charge in [-0.2, -0.15) is 5.10 Å². The predicted octanol–water partition coefficient (Wildman–Crippen LogP) is 5.20. The number of hydrogen-bond acceptors (Lipinski definition) is 8. The molecular weight excluding hydrogens is 581 g/mol. The first-order chi connectivity index (χ1) is 20.9. The van der Waals surface area contributed by atoms with Gasteiger partial charge in [-0.1, -0.05) is 48.3 Å². The van der Waals surface area contributed by atoms with E-state index in [0.717, 1.165) is 33.0 Å². The van der Waals surface area contributed by atoms with Gasteiger partial charge < -0.3 is 9.47 Å². The molecule has 1 aliphatic rings. The van der Waals surface area contributed by atoms with E-state index < -0.39 is 12.0 Å². The molecule has 0 amide bonds. The van der Waals surface area contributed by atoms with Crippen molar-refractivity contribution >= 4 is 34.7 Å². The monoisotopic (exact) mass is 608 g/mol. The second-order valence-corrected chi connectivity index (χ2v) is 11.9. The summed E-state index contributed by atoms with van der Waals surface area (Å²) in [6, 6.07) is 18.9. The SMILES string of the molecule is C=CCOc1ccc(-c2nn(-c3ccccc3)cc2/C=c2/sc3n(c2=O)[C@@H](c2cccs2)C(C(=O)OC)=C(C)N=3)cc1C. The molecule has 6 rings (SSSR count). The van der Waals surface area contributed by atoms with Crippen molar-refractivity contribution in [1.82, 2.24) is 14.3 Å². The molecule has 0 bridgehead atoms. The fourth-order valence-electron chi connectivity index (χ4n) is 5.09. The van der Waals surface area contributed by atoms with Crippen LogP contribution in [0.15, 0.2) is 106 Å². The van der Waals surface area contributed by atoms with Gasteiger partial charge in [0, 0.05) is 22.2 Å². The molecule has 0 saturated heterocycles. The van der Waals surface area contributed by atoms with E-state index in [4.69, 9.17) is 14.6 Å². The molecule has 0 N–H and O–H groups in total. The van der Waals surface area contributed by atoms with Crippen molar-refractivity contribution in [3.63, 3.8) is 0 Å². The van der Waals surface area contributed by atoms with Gasteiger partial charge in [0.15, 0.2) is 4.80 Å². The molecule has 1 aliphatic heterocycles. The highest BCUT2D eigenvalue weighted by molar-refractivity contribution is 7.10. The van der Waals surface area contributed by atoms with Gasteiger partial charge in [0.1, 0.15) is 24.1 Å². The Morgan fingerprint density at radius 1 is 1.12 bits per heavy atom. The fraction of sp³-hybridized carbons (Fsp3) is 0.152. The third-order valence-corrected chi connectivity index (χ3v) is 9.00. The quantitative estimate of drug-likeness (QED) is 0.179. The molecule has 0 aliphatic carbocycles. The van der Waals surface area contributed by atoms with Gasteiger partial charge in [-0.05, 0) is 67.3 Å². The van der Waals surface area contributed by atoms with Gasteiger partial charge in [-0.25, -0.2) is 14.5 Å². The maximum absolute atomic E-state index is 14.1. The third-order valence-electron chi connectivity index (χ3n) is 7.09. The lowest BCUT2D eigenvalue weighted by Gasteiger charge is -2.22. The first kappa shape index (κ1) is 28.3. The number of carbonyl (C=O) groups excluding carboxylic acids is 1. The van der Waals surface area contributed by atoms with Gasteiger partial charge in [0.05, 0.1) is 28.6 Å². The number of aromatic nitrogens is 3. The van der Waals surface area contributed by atoms with Crippen LogP contribution in [0.3, 0.4) is 0 Å². The van der Waals surface area contributed by atoms with Crippen LogP contribution in [0.2, 0.25) is 0 Å². The predicted molar refractivity (Wildman–Crippen MR) is 170 cm³/mol. The van der Waals surface area contributed by atoms with Crippen LogP contribution < -0.4 is 19.6 Å². The van der Waals surface area contributed by atoms with Crippen LogP contribution in [0.4, 0.5) is 0 Å². The number of rotatable bonds is 8. The molecule has 0 fully saturated rings. The molecule has 216 valence electrons. The smallest absolute Gasteiger partial charge is 0.338 e. The number of aryl methyl sites for hydroxylation is 1. The Hall–Kier alpha value is -4.80. The van der Waals surface area contributed by atoms with E-state index in [2.05, 4.69) is 11.6 Å². The largest absolute Gasteiger partial charge is 0.489 e. The Labute approximate surface area is 255 Å². The first-order valence-electron chi connectivity index (χ1n) is 13.5. The molecule has 4 heterocycles. The summed E-state index contributed by atoms with van der Waals surface area (Å²) in [5.41, 5.74) is 4.88. The molecule has 0 radical (unpaired) electrons. The number of thiophene rings is 1. The molecule has 8 nitrogen and oxygen atoms in total. The fourth-order valence-corrected chi connectivity index (χ4v) is 6.95. The zero-order valence-corrected chi connectivity index (χ0v) is 25.4. The van der Waals surface area contributed by atoms with Gasteiger partial charge in [-0.3, -0.25) is 9.36 Å². The summed E-state index contributed by atoms with van der Waals surface area (Å²) >= 11 is 2.77. The number of thiazole rings is 1. The van der Waals surface area contributed by atoms with E-state index in [1.165, 1.54) is 29.8 Å². The van der Waals surface area contributed by atoms with E-state index in [0.29, 0.717) is 32.9 Å². The second-order valence-electron chi connectivity index (χ2n) is 9.88. The average molecular weight is 609 g/mol. The maximum Gasteiger partial charge on any atom is 0.338 e. The van der Waals surface area contributed by atoms with Crippen LogP contribution in [0.25, 0.3) is 23.0 Å². The van der Waals surface area contributed by atoms with E-state index in [1.807, 2.05) is 89.9 Å². The number of fused-ring (bicyclic) bond motifs is 1. The molecule has 3 aromatic heterocycles. The summed E-state index contributed by atoms with van der Waals surface area (Å²) in [4.78, 5) is 33.0. The van der Waals surface area contributed by atoms with E-state index in [1.54, 1.807) is 17.6 Å². The topological polar surface area (TPSA) is 87.7 Å². The van der Waals surface area contributed by atoms with Crippen LogP contribution in [-0.2, 0) is 9.53 Å². The summed E-state index contributed by atoms with van der Waals surface area (Å²) in [5.74, 6) is 0.266. The van der Waals surface area contributed by atoms with Crippen LogP contribution >= 0.6 is 22.7 Å². The van der Waals surface area contributed by atoms with Crippen LogP contribution in [0.5, 0.6) is 5.75 Å². The molecule has 0 unspecified atom stereocenters. The van der Waals surface area contributed by atoms with E-state index in [9.17, 15) is 9.59 Å². The lowest BCUT2D eigenvalue weighted by atomic mass is 10.0. The zero-order valence-electron chi connectivity index (χ0n) is 23.8. The van der Waals surface area contributed by atoms with Crippen molar-refractivity contribution < 1.29 is 14.3 Å². The molecular formula is C33H28N4O4S2. The Balaban J connectivity index is 1.53. The Morgan fingerprint density at radius 3 is 2.63 bits per heavy atom. The minimum absolute atomic E-state index is 0.237. The highest BCUT2D eigenvalue weighted by atomic mass is 32.1. The molecule has 43 heavy (non-hydrogen) atoms. The van der Waals surface area contributed by atoms with Crippen molar-refractivity contribution in [3.05, 3.63) is 132 Å². The lowest BCUT2D eigenvalue weighted by Crippen LogP contribution is -2.39. The van der Waals surface area contributed by atoms with Crippen molar-refractivity contribution in [2.24, 2.45) is 4.99 Å². The normalized spacial score (nSPS) is 14.8. The number of esters is 1. The molecule has 5 aromatic rings. The van der Waals surface area contributed by atoms with Gasteiger partial charge >= 0.3 is 5.97 Å². The summed E-state index contributed by atoms with van der Waals surface area (Å²) in [6.45, 7) is 7.90. The summed E-state index contributed by atoms with van der Waals surface area (Å²) < 4.78 is 14.8. The highest BCUT2D eigenvalue weighted by Crippen LogP contribution is 2.33. The van der Waals surface area contributed by atoms with E-state index in [-0.39, 0.29) is 5.56 Å². The van der Waals surface area contributed by atoms with Crippen molar-refractivity contribution in [3.8, 4) is 22.7 Å². The molecule has 0 spiro atoms. The van der Waals surface area contributed by atoms with Crippen molar-refractivity contribution in [2.45, 2.75) is 19.9 Å². The van der Waals surface area contributed by atoms with Crippen molar-refractivity contribution in [1.29, 1.82) is 0 Å². The summed E-state index contributed by atoms with van der Waals surface area (Å²) in [7, 11) is 1.34. The number of hydrogen-bond donors (Lipinski definition) is 0. The Kier molecular flexibility index (Phi) is 7.79. The number of methoxy groups -OCH3 is 1. The molecule has 1 atom stereocenters. The number of ether oxygens (including phenoxy) is 2. The Morgan fingerprint density at radius 2 is 1.93 bits per heavy atom. The van der Waals surface area contributed by atoms with Gasteiger partial charge in [0.2, 0.25) is 0 Å². The van der Waals surface area contributed by atoms with Crippen LogP contribution in [-0.4, -0.2) is 34.0 Å². The lowest BCUT2D eigenvalue weighted by molar-refractivity contribution is -0.136. The standard InChI is InChI=1S/C33H28N4O4S2/c1-5-15-41-25-14-13-22(17-20(25)2)29-23(19-36(35-29)24-10-7-6-8-11-24)18-27-31(38)37-30(26-12-9-16-42-26)28(32(39)40-4)21(3)34-33(37)43-27/h5-14,16-19,30H,1,15H2,2-4H3/b27-18+/t30-/m0/s1. The highest BCUT2D eigenvalue weighted by Gasteiger charge is 2.33. The number of allylic oxidation sites excluding steroid dienone is 1. The molecule has 10 heteroatoms. The number of benzene rings is 2. The third kappa shape index (κ3) is 5.31. The number of para-hydroxylation sites is 1. The number of carbonyl (C=O) groups is 1. The van der Waals surface area contributed by atoms with Crippen molar-refractivity contribution in [2.75, 3.05) is 13.7 Å². The van der Waals surface area contributed by atoms with Gasteiger partial charge in [0.25, 0.3) is 5.56 Å². The second kappa shape index (κ2) is 11.8. The Bertz CT molecular complexity index is 2050. The number of nitrogens with zero attached hydrogens (tertiary/aromatic N) is 4. The minimum atomic E-state index is -0.622. The minimum Gasteiger partial charge on any atom is -0.489 e. The van der Waals surface area contributed by atoms with Gasteiger partial charge in [-0.15, -0.1) is 11.3 Å². The molecule has 0 saturated carbocycles. The average Bonchev–Trinajstić information content (AvgIpc) is 3.76. The summed E-state index contributed by atoms with van der Waals surface area (Å²) in [5, 5.41) is 6.86. The maximum atomic E-state index is 14.1. The zero-order chi connectivity index (χ0) is 30.1. The molecule has 2 aromatic carbocycles. The summed E-state index contributed by atoms with van der Waals surface area (Å²) in [6.07, 6.45) is 5.48. The van der Waals surface area contributed by atoms with E-state index >= 15 is 0 Å². The van der Waals surface area contributed by atoms with Crippen LogP contribution in [0.1, 0.15) is 29.0 Å². The van der Waals surface area contributed by atoms with Crippen LogP contribution in [0, 0.1) is 6.92 Å².